The second-order valence-electron chi connectivity index (χ2n) is 9.40. The van der Waals surface area contributed by atoms with Crippen molar-refractivity contribution in [2.75, 3.05) is 7.05 Å². The van der Waals surface area contributed by atoms with Crippen LogP contribution < -0.4 is 11.1 Å². The van der Waals surface area contributed by atoms with Gasteiger partial charge in [-0.25, -0.2) is 0 Å². The number of nitrogens with zero attached hydrogens (tertiary/aromatic N) is 2. The second kappa shape index (κ2) is 10.3. The summed E-state index contributed by atoms with van der Waals surface area (Å²) in [5, 5.41) is 24.8. The molecule has 1 aliphatic carbocycles. The van der Waals surface area contributed by atoms with Crippen molar-refractivity contribution in [3.8, 4) is 23.3 Å². The Morgan fingerprint density at radius 3 is 2.08 bits per heavy atom. The lowest BCUT2D eigenvalue weighted by atomic mass is 9.75. The molecule has 5 heteroatoms. The molecule has 1 heterocycles. The van der Waals surface area contributed by atoms with Crippen LogP contribution in [0, 0.1) is 22.7 Å². The minimum atomic E-state index is -0.673. The fourth-order valence-electron chi connectivity index (χ4n) is 5.37. The SMILES string of the molecule is CC1(c2ccccc2)C=CC2=C(C=C1C#N)c1ccc(C#N)c3c(-c4ccccc4)ccc(c13)C(=O)N2.CN. The zero-order valence-corrected chi connectivity index (χ0v) is 21.7. The van der Waals surface area contributed by atoms with Crippen LogP contribution >= 0.6 is 0 Å². The van der Waals surface area contributed by atoms with E-state index in [-0.39, 0.29) is 5.91 Å². The lowest BCUT2D eigenvalue weighted by Crippen LogP contribution is -2.22. The van der Waals surface area contributed by atoms with Gasteiger partial charge in [0.25, 0.3) is 5.91 Å². The molecule has 3 N–H and O–H groups in total. The van der Waals surface area contributed by atoms with Crippen LogP contribution in [0.1, 0.15) is 34.0 Å². The highest BCUT2D eigenvalue weighted by Crippen LogP contribution is 2.43. The smallest absolute Gasteiger partial charge is 0.256 e. The Bertz CT molecular complexity index is 1780. The molecule has 2 aliphatic rings. The van der Waals surface area contributed by atoms with Crippen LogP contribution in [0.15, 0.2) is 114 Å². The molecular weight excluding hydrogens is 480 g/mol. The molecule has 4 aromatic carbocycles. The summed E-state index contributed by atoms with van der Waals surface area (Å²) >= 11 is 0. The van der Waals surface area contributed by atoms with E-state index in [2.05, 4.69) is 23.2 Å². The molecule has 1 atom stereocenters. The van der Waals surface area contributed by atoms with Crippen molar-refractivity contribution in [3.63, 3.8) is 0 Å². The van der Waals surface area contributed by atoms with E-state index in [0.29, 0.717) is 27.8 Å². The third kappa shape index (κ3) is 4.12. The first-order valence-corrected chi connectivity index (χ1v) is 12.6. The Labute approximate surface area is 227 Å². The van der Waals surface area contributed by atoms with Gasteiger partial charge in [0.1, 0.15) is 0 Å². The molecule has 0 saturated carbocycles. The highest BCUT2D eigenvalue weighted by Gasteiger charge is 2.33. The monoisotopic (exact) mass is 506 g/mol. The van der Waals surface area contributed by atoms with E-state index in [4.69, 9.17) is 0 Å². The number of rotatable bonds is 2. The van der Waals surface area contributed by atoms with Crippen LogP contribution in [0.5, 0.6) is 0 Å². The minimum Gasteiger partial charge on any atom is -0.333 e. The molecule has 0 fully saturated rings. The van der Waals surface area contributed by atoms with Gasteiger partial charge in [-0.1, -0.05) is 78.9 Å². The molecular formula is C34H26N4O. The van der Waals surface area contributed by atoms with E-state index in [9.17, 15) is 15.3 Å². The zero-order valence-electron chi connectivity index (χ0n) is 21.7. The lowest BCUT2D eigenvalue weighted by molar-refractivity contribution is 0.0969. The highest BCUT2D eigenvalue weighted by molar-refractivity contribution is 6.18. The van der Waals surface area contributed by atoms with Crippen LogP contribution in [0.2, 0.25) is 0 Å². The van der Waals surface area contributed by atoms with Gasteiger partial charge >= 0.3 is 0 Å². The van der Waals surface area contributed by atoms with Crippen molar-refractivity contribution in [2.24, 2.45) is 5.73 Å². The Morgan fingerprint density at radius 1 is 0.769 bits per heavy atom. The molecule has 0 saturated heterocycles. The molecule has 39 heavy (non-hydrogen) atoms. The summed E-state index contributed by atoms with van der Waals surface area (Å²) in [4.78, 5) is 13.5. The molecule has 0 aromatic heterocycles. The number of carbonyl (C=O) groups excluding carboxylic acids is 1. The van der Waals surface area contributed by atoms with E-state index in [1.807, 2.05) is 104 Å². The molecule has 1 unspecified atom stereocenters. The molecule has 0 bridgehead atoms. The molecule has 1 amide bonds. The third-order valence-corrected chi connectivity index (χ3v) is 7.36. The summed E-state index contributed by atoms with van der Waals surface area (Å²) in [6, 6.07) is 31.9. The van der Waals surface area contributed by atoms with E-state index >= 15 is 0 Å². The van der Waals surface area contributed by atoms with Gasteiger partial charge in [-0.05, 0) is 60.5 Å². The Hall–Kier alpha value is -5.23. The summed E-state index contributed by atoms with van der Waals surface area (Å²) < 4.78 is 0. The average molecular weight is 507 g/mol. The van der Waals surface area contributed by atoms with Gasteiger partial charge in [-0.2, -0.15) is 10.5 Å². The van der Waals surface area contributed by atoms with Gasteiger partial charge in [0.05, 0.1) is 17.7 Å². The van der Waals surface area contributed by atoms with Crippen molar-refractivity contribution in [1.82, 2.24) is 5.32 Å². The van der Waals surface area contributed by atoms with Gasteiger partial charge in [0.15, 0.2) is 0 Å². The summed E-state index contributed by atoms with van der Waals surface area (Å²) in [6.45, 7) is 2.01. The summed E-state index contributed by atoms with van der Waals surface area (Å²) in [7, 11) is 1.50. The first kappa shape index (κ1) is 25.4. The van der Waals surface area contributed by atoms with Gasteiger partial charge in [0.2, 0.25) is 0 Å². The topological polar surface area (TPSA) is 103 Å². The standard InChI is InChI=1S/C33H21N3O.CH5N/c1-33(23-10-6-3-7-11-23)17-16-29-28(18-24(33)20-35)26-13-12-22(19-34)30-25(21-8-4-2-5-9-21)14-15-27(31(26)30)32(37)36-29;1-2/h2-18H,1H3,(H,36,37);2H2,1H3. The van der Waals surface area contributed by atoms with E-state index in [1.54, 1.807) is 6.07 Å². The molecule has 5 nitrogen and oxygen atoms in total. The number of nitriles is 2. The fraction of sp³-hybridized carbons (Fsp3) is 0.0882. The van der Waals surface area contributed by atoms with Crippen molar-refractivity contribution < 1.29 is 4.79 Å². The number of nitrogens with one attached hydrogen (secondary N) is 1. The van der Waals surface area contributed by atoms with Crippen LogP contribution in [-0.2, 0) is 5.41 Å². The summed E-state index contributed by atoms with van der Waals surface area (Å²) in [6.07, 6.45) is 5.76. The molecule has 4 aromatic rings. The van der Waals surface area contributed by atoms with Gasteiger partial charge < -0.3 is 11.1 Å². The van der Waals surface area contributed by atoms with Gasteiger partial charge in [0, 0.05) is 38.6 Å². The molecule has 0 radical (unpaired) electrons. The number of fused-ring (bicyclic) bond motifs is 1. The number of hydrogen-bond donors (Lipinski definition) is 2. The third-order valence-electron chi connectivity index (χ3n) is 7.36. The highest BCUT2D eigenvalue weighted by atomic mass is 16.1. The molecule has 1 aliphatic heterocycles. The zero-order chi connectivity index (χ0) is 27.6. The molecule has 6 rings (SSSR count). The van der Waals surface area contributed by atoms with Gasteiger partial charge in [-0.3, -0.25) is 4.79 Å². The van der Waals surface area contributed by atoms with E-state index in [0.717, 1.165) is 33.2 Å². The summed E-state index contributed by atoms with van der Waals surface area (Å²) in [5.74, 6) is -0.245. The van der Waals surface area contributed by atoms with Crippen LogP contribution in [-0.4, -0.2) is 13.0 Å². The van der Waals surface area contributed by atoms with Crippen molar-refractivity contribution >= 4 is 22.3 Å². The Kier molecular flexibility index (Phi) is 6.69. The quantitative estimate of drug-likeness (QED) is 0.329. The molecule has 188 valence electrons. The van der Waals surface area contributed by atoms with E-state index in [1.165, 1.54) is 7.05 Å². The maximum absolute atomic E-state index is 13.5. The predicted octanol–water partition coefficient (Wildman–Crippen LogP) is 6.39. The number of nitrogens with two attached hydrogens (primary N) is 1. The number of carbonyl (C=O) groups is 1. The first-order valence-electron chi connectivity index (χ1n) is 12.6. The van der Waals surface area contributed by atoms with Crippen LogP contribution in [0.4, 0.5) is 0 Å². The number of hydrogen-bond acceptors (Lipinski definition) is 4. The van der Waals surface area contributed by atoms with Crippen LogP contribution in [0.25, 0.3) is 27.5 Å². The van der Waals surface area contributed by atoms with Crippen molar-refractivity contribution in [1.29, 1.82) is 10.5 Å². The Balaban J connectivity index is 0.00000151. The summed E-state index contributed by atoms with van der Waals surface area (Å²) in [5.41, 5.74) is 10.4. The second-order valence-corrected chi connectivity index (χ2v) is 9.40. The van der Waals surface area contributed by atoms with Crippen molar-refractivity contribution in [3.05, 3.63) is 137 Å². The van der Waals surface area contributed by atoms with E-state index < -0.39 is 5.41 Å². The van der Waals surface area contributed by atoms with Crippen molar-refractivity contribution in [2.45, 2.75) is 12.3 Å². The Morgan fingerprint density at radius 2 is 1.41 bits per heavy atom. The maximum atomic E-state index is 13.5. The predicted molar refractivity (Wildman–Crippen MR) is 155 cm³/mol. The van der Waals surface area contributed by atoms with Gasteiger partial charge in [-0.15, -0.1) is 0 Å². The largest absolute Gasteiger partial charge is 0.333 e. The first-order chi connectivity index (χ1) is 19.0. The average Bonchev–Trinajstić information content (AvgIpc) is 3.21. The lowest BCUT2D eigenvalue weighted by Gasteiger charge is -2.25. The normalized spacial score (nSPS) is 17.4. The molecule has 0 spiro atoms. The number of allylic oxidation sites excluding steroid dienone is 5. The number of benzene rings is 4. The minimum absolute atomic E-state index is 0.245. The maximum Gasteiger partial charge on any atom is 0.256 e. The fourth-order valence-corrected chi connectivity index (χ4v) is 5.37. The van der Waals surface area contributed by atoms with Crippen LogP contribution in [0.3, 0.4) is 0 Å². The number of amides is 1.